The number of methoxy groups -OCH3 is 1. The van der Waals surface area contributed by atoms with Crippen LogP contribution >= 0.6 is 0 Å². The van der Waals surface area contributed by atoms with Crippen LogP contribution in [0, 0.1) is 11.2 Å². The number of likely N-dealkylation sites (N-methyl/N-ethyl adjacent to an activating group) is 1. The summed E-state index contributed by atoms with van der Waals surface area (Å²) in [6, 6.07) is 7.05. The van der Waals surface area contributed by atoms with Crippen LogP contribution in [0.2, 0.25) is 0 Å². The van der Waals surface area contributed by atoms with Crippen molar-refractivity contribution >= 4 is 0 Å². The van der Waals surface area contributed by atoms with Gasteiger partial charge in [-0.2, -0.15) is 0 Å². The van der Waals surface area contributed by atoms with Gasteiger partial charge >= 0.3 is 0 Å². The summed E-state index contributed by atoms with van der Waals surface area (Å²) >= 11 is 0. The highest BCUT2D eigenvalue weighted by molar-refractivity contribution is 5.19. The van der Waals surface area contributed by atoms with Crippen molar-refractivity contribution in [3.63, 3.8) is 0 Å². The summed E-state index contributed by atoms with van der Waals surface area (Å²) in [4.78, 5) is 0. The molecule has 0 saturated heterocycles. The Morgan fingerprint density at radius 3 is 2.37 bits per heavy atom. The van der Waals surface area contributed by atoms with E-state index in [1.165, 1.54) is 6.07 Å². The molecule has 2 unspecified atom stereocenters. The zero-order chi connectivity index (χ0) is 14.5. The lowest BCUT2D eigenvalue weighted by Gasteiger charge is -2.36. The fourth-order valence-corrected chi connectivity index (χ4v) is 2.57. The van der Waals surface area contributed by atoms with Crippen LogP contribution in [0.3, 0.4) is 0 Å². The number of nitrogens with one attached hydrogen (secondary N) is 1. The summed E-state index contributed by atoms with van der Waals surface area (Å²) in [6.45, 7) is 9.34. The lowest BCUT2D eigenvalue weighted by Crippen LogP contribution is -2.49. The Bertz CT molecular complexity index is 387. The normalized spacial score (nSPS) is 15.3. The highest BCUT2D eigenvalue weighted by Crippen LogP contribution is 2.26. The summed E-state index contributed by atoms with van der Waals surface area (Å²) in [7, 11) is 1.72. The van der Waals surface area contributed by atoms with E-state index < -0.39 is 0 Å². The molecule has 1 aromatic carbocycles. The summed E-state index contributed by atoms with van der Waals surface area (Å²) < 4.78 is 19.4. The molecule has 2 nitrogen and oxygen atoms in total. The van der Waals surface area contributed by atoms with Gasteiger partial charge in [-0.05, 0) is 30.0 Å². The monoisotopic (exact) mass is 267 g/mol. The van der Waals surface area contributed by atoms with E-state index in [4.69, 9.17) is 4.74 Å². The molecule has 1 aromatic rings. The first-order valence-electron chi connectivity index (χ1n) is 6.89. The minimum atomic E-state index is -0.144. The van der Waals surface area contributed by atoms with E-state index >= 15 is 0 Å². The molecule has 108 valence electrons. The highest BCUT2D eigenvalue weighted by Gasteiger charge is 2.32. The van der Waals surface area contributed by atoms with Gasteiger partial charge < -0.3 is 10.1 Å². The molecule has 2 atom stereocenters. The molecule has 0 aliphatic heterocycles. The van der Waals surface area contributed by atoms with Crippen LogP contribution in [0.4, 0.5) is 4.39 Å². The summed E-state index contributed by atoms with van der Waals surface area (Å²) in [5.74, 6) is -0.144. The molecule has 0 spiro atoms. The van der Waals surface area contributed by atoms with Crippen LogP contribution in [-0.4, -0.2) is 25.8 Å². The Balaban J connectivity index is 2.91. The molecule has 3 heteroatoms. The quantitative estimate of drug-likeness (QED) is 0.853. The van der Waals surface area contributed by atoms with E-state index in [9.17, 15) is 4.39 Å². The molecule has 0 heterocycles. The van der Waals surface area contributed by atoms with E-state index in [1.807, 2.05) is 12.1 Å². The molecule has 1 rings (SSSR count). The molecule has 0 aliphatic carbocycles. The van der Waals surface area contributed by atoms with E-state index in [1.54, 1.807) is 13.2 Å². The number of ether oxygens (including phenoxy) is 1. The minimum absolute atomic E-state index is 0.00679. The Morgan fingerprint density at radius 1 is 1.26 bits per heavy atom. The van der Waals surface area contributed by atoms with Crippen molar-refractivity contribution in [2.24, 2.45) is 5.41 Å². The van der Waals surface area contributed by atoms with Crippen molar-refractivity contribution in [2.75, 3.05) is 13.7 Å². The van der Waals surface area contributed by atoms with E-state index in [-0.39, 0.29) is 23.4 Å². The fourth-order valence-electron chi connectivity index (χ4n) is 2.57. The van der Waals surface area contributed by atoms with Gasteiger partial charge in [-0.1, -0.05) is 45.9 Å². The predicted molar refractivity (Wildman–Crippen MR) is 77.8 cm³/mol. The molecule has 0 aromatic heterocycles. The zero-order valence-corrected chi connectivity index (χ0v) is 12.7. The number of rotatable bonds is 6. The van der Waals surface area contributed by atoms with Gasteiger partial charge in [-0.25, -0.2) is 4.39 Å². The van der Waals surface area contributed by atoms with E-state index in [2.05, 4.69) is 33.0 Å². The maximum Gasteiger partial charge on any atom is 0.126 e. The van der Waals surface area contributed by atoms with E-state index in [0.717, 1.165) is 12.1 Å². The molecule has 0 fully saturated rings. The van der Waals surface area contributed by atoms with Crippen molar-refractivity contribution < 1.29 is 9.13 Å². The second kappa shape index (κ2) is 7.01. The number of benzene rings is 1. The maximum absolute atomic E-state index is 13.8. The molecule has 0 bridgehead atoms. The SMILES string of the molecule is CCNC(Cc1ccccc1F)C(OC)C(C)(C)C. The van der Waals surface area contributed by atoms with Gasteiger partial charge in [0.15, 0.2) is 0 Å². The summed E-state index contributed by atoms with van der Waals surface area (Å²) in [5.41, 5.74) is 0.743. The predicted octanol–water partition coefficient (Wildman–Crippen LogP) is 3.41. The van der Waals surface area contributed by atoms with Crippen molar-refractivity contribution in [2.45, 2.75) is 46.3 Å². The van der Waals surface area contributed by atoms with Gasteiger partial charge in [0.05, 0.1) is 6.10 Å². The first kappa shape index (κ1) is 16.1. The van der Waals surface area contributed by atoms with Crippen molar-refractivity contribution in [3.05, 3.63) is 35.6 Å². The van der Waals surface area contributed by atoms with Crippen molar-refractivity contribution in [1.82, 2.24) is 5.32 Å². The number of hydrogen-bond donors (Lipinski definition) is 1. The fraction of sp³-hybridized carbons (Fsp3) is 0.625. The number of halogens is 1. The lowest BCUT2D eigenvalue weighted by atomic mass is 9.82. The topological polar surface area (TPSA) is 21.3 Å². The second-order valence-corrected chi connectivity index (χ2v) is 5.98. The average molecular weight is 267 g/mol. The van der Waals surface area contributed by atoms with Gasteiger partial charge in [0.1, 0.15) is 5.82 Å². The Hall–Kier alpha value is -0.930. The lowest BCUT2D eigenvalue weighted by molar-refractivity contribution is -0.0108. The third-order valence-electron chi connectivity index (χ3n) is 3.34. The smallest absolute Gasteiger partial charge is 0.126 e. The standard InChI is InChI=1S/C16H26FNO/c1-6-18-14(15(19-5)16(2,3)4)11-12-9-7-8-10-13(12)17/h7-10,14-15,18H,6,11H2,1-5H3. The van der Waals surface area contributed by atoms with Crippen molar-refractivity contribution in [3.8, 4) is 0 Å². The average Bonchev–Trinajstić information content (AvgIpc) is 2.31. The number of hydrogen-bond acceptors (Lipinski definition) is 2. The van der Waals surface area contributed by atoms with Crippen LogP contribution in [0.25, 0.3) is 0 Å². The van der Waals surface area contributed by atoms with Crippen LogP contribution in [0.5, 0.6) is 0 Å². The first-order valence-corrected chi connectivity index (χ1v) is 6.89. The van der Waals surface area contributed by atoms with Crippen LogP contribution in [0.15, 0.2) is 24.3 Å². The Labute approximate surface area is 116 Å². The Morgan fingerprint density at radius 2 is 1.89 bits per heavy atom. The Kier molecular flexibility index (Phi) is 5.95. The zero-order valence-electron chi connectivity index (χ0n) is 12.7. The first-order chi connectivity index (χ1) is 8.90. The molecule has 1 N–H and O–H groups in total. The molecule has 0 radical (unpaired) electrons. The van der Waals surface area contributed by atoms with Gasteiger partial charge in [0, 0.05) is 13.2 Å². The molecular formula is C16H26FNO. The van der Waals surface area contributed by atoms with Gasteiger partial charge in [0.2, 0.25) is 0 Å². The third-order valence-corrected chi connectivity index (χ3v) is 3.34. The molecule has 19 heavy (non-hydrogen) atoms. The molecule has 0 aliphatic rings. The van der Waals surface area contributed by atoms with Gasteiger partial charge in [-0.15, -0.1) is 0 Å². The van der Waals surface area contributed by atoms with Crippen LogP contribution in [-0.2, 0) is 11.2 Å². The van der Waals surface area contributed by atoms with E-state index in [0.29, 0.717) is 6.42 Å². The molecule has 0 amide bonds. The van der Waals surface area contributed by atoms with Gasteiger partial charge in [0.25, 0.3) is 0 Å². The van der Waals surface area contributed by atoms with Crippen LogP contribution in [0.1, 0.15) is 33.3 Å². The second-order valence-electron chi connectivity index (χ2n) is 5.98. The van der Waals surface area contributed by atoms with Crippen LogP contribution < -0.4 is 5.32 Å². The third kappa shape index (κ3) is 4.59. The summed E-state index contributed by atoms with van der Waals surface area (Å²) in [5, 5.41) is 3.42. The molecular weight excluding hydrogens is 241 g/mol. The van der Waals surface area contributed by atoms with Gasteiger partial charge in [-0.3, -0.25) is 0 Å². The minimum Gasteiger partial charge on any atom is -0.379 e. The molecule has 0 saturated carbocycles. The highest BCUT2D eigenvalue weighted by atomic mass is 19.1. The maximum atomic E-state index is 13.8. The largest absolute Gasteiger partial charge is 0.379 e. The van der Waals surface area contributed by atoms with Crippen molar-refractivity contribution in [1.29, 1.82) is 0 Å². The summed E-state index contributed by atoms with van der Waals surface area (Å²) in [6.07, 6.45) is 0.670.